The van der Waals surface area contributed by atoms with Crippen molar-refractivity contribution in [1.82, 2.24) is 0 Å². The van der Waals surface area contributed by atoms with Crippen molar-refractivity contribution in [3.05, 3.63) is 126 Å². The van der Waals surface area contributed by atoms with E-state index in [-0.39, 0.29) is 11.0 Å². The molecule has 0 fully saturated rings. The van der Waals surface area contributed by atoms with Crippen molar-refractivity contribution in [2.45, 2.75) is 59.0 Å². The Balaban J connectivity index is 1.45. The van der Waals surface area contributed by atoms with Crippen molar-refractivity contribution in [3.8, 4) is 39.1 Å². The summed E-state index contributed by atoms with van der Waals surface area (Å²) in [6, 6.07) is 40.6. The van der Waals surface area contributed by atoms with Crippen LogP contribution < -0.4 is 4.74 Å². The predicted molar refractivity (Wildman–Crippen MR) is 180 cm³/mol. The first-order valence-electron chi connectivity index (χ1n) is 15.2. The molecule has 0 aromatic heterocycles. The van der Waals surface area contributed by atoms with E-state index >= 15 is 0 Å². The van der Waals surface area contributed by atoms with E-state index in [1.807, 2.05) is 0 Å². The molecule has 1 aliphatic rings. The van der Waals surface area contributed by atoms with Crippen LogP contribution in [0.25, 0.3) is 54.9 Å². The van der Waals surface area contributed by atoms with Gasteiger partial charge in [0, 0.05) is 5.41 Å². The molecule has 0 unspecified atom stereocenters. The SMILES string of the molecule is CCc1ccc2c(c1)C(C)(C)c1cc(-c3c4ccccc4c(-c4ccc(OC(C)(C)C)cc4)c4ccccc34)ccc1-2. The fourth-order valence-corrected chi connectivity index (χ4v) is 6.95. The van der Waals surface area contributed by atoms with E-state index in [0.29, 0.717) is 0 Å². The summed E-state index contributed by atoms with van der Waals surface area (Å²) in [5.74, 6) is 0.893. The van der Waals surface area contributed by atoms with E-state index in [1.165, 1.54) is 71.6 Å². The van der Waals surface area contributed by atoms with Crippen LogP contribution in [-0.2, 0) is 11.8 Å². The van der Waals surface area contributed by atoms with Gasteiger partial charge < -0.3 is 4.74 Å². The number of hydrogen-bond donors (Lipinski definition) is 0. The van der Waals surface area contributed by atoms with Gasteiger partial charge in [-0.2, -0.15) is 0 Å². The van der Waals surface area contributed by atoms with Gasteiger partial charge in [0.25, 0.3) is 0 Å². The molecule has 208 valence electrons. The van der Waals surface area contributed by atoms with Crippen LogP contribution in [-0.4, -0.2) is 5.60 Å². The molecule has 1 aliphatic carbocycles. The lowest BCUT2D eigenvalue weighted by Crippen LogP contribution is -2.22. The molecule has 0 amide bonds. The summed E-state index contributed by atoms with van der Waals surface area (Å²) in [6.45, 7) is 13.3. The minimum Gasteiger partial charge on any atom is -0.488 e. The van der Waals surface area contributed by atoms with Crippen LogP contribution in [0.3, 0.4) is 0 Å². The second-order valence-corrected chi connectivity index (χ2v) is 13.2. The zero-order valence-corrected chi connectivity index (χ0v) is 25.5. The Hall–Kier alpha value is -4.36. The molecule has 1 heteroatoms. The van der Waals surface area contributed by atoms with Crippen LogP contribution in [0, 0.1) is 0 Å². The Labute approximate surface area is 249 Å². The summed E-state index contributed by atoms with van der Waals surface area (Å²) in [7, 11) is 0. The normalized spacial score (nSPS) is 13.8. The second-order valence-electron chi connectivity index (χ2n) is 13.2. The minimum absolute atomic E-state index is 0.0473. The van der Waals surface area contributed by atoms with E-state index < -0.39 is 0 Å². The highest BCUT2D eigenvalue weighted by Crippen LogP contribution is 2.51. The number of aryl methyl sites for hydroxylation is 1. The molecule has 0 atom stereocenters. The lowest BCUT2D eigenvalue weighted by molar-refractivity contribution is 0.131. The Morgan fingerprint density at radius 1 is 0.571 bits per heavy atom. The summed E-state index contributed by atoms with van der Waals surface area (Å²) in [5, 5.41) is 5.10. The van der Waals surface area contributed by atoms with Crippen LogP contribution >= 0.6 is 0 Å². The molecule has 7 rings (SSSR count). The van der Waals surface area contributed by atoms with E-state index in [1.54, 1.807) is 0 Å². The van der Waals surface area contributed by atoms with Gasteiger partial charge in [0.15, 0.2) is 0 Å². The molecule has 0 aliphatic heterocycles. The molecule has 0 bridgehead atoms. The monoisotopic (exact) mass is 546 g/mol. The third-order valence-electron chi connectivity index (χ3n) is 8.94. The predicted octanol–water partition coefficient (Wildman–Crippen LogP) is 11.4. The first kappa shape index (κ1) is 26.5. The Morgan fingerprint density at radius 2 is 1.05 bits per heavy atom. The largest absolute Gasteiger partial charge is 0.488 e. The summed E-state index contributed by atoms with van der Waals surface area (Å²) in [4.78, 5) is 0. The van der Waals surface area contributed by atoms with Crippen LogP contribution in [0.15, 0.2) is 109 Å². The smallest absolute Gasteiger partial charge is 0.120 e. The third kappa shape index (κ3) is 4.22. The van der Waals surface area contributed by atoms with Crippen LogP contribution in [0.5, 0.6) is 5.75 Å². The summed E-state index contributed by atoms with van der Waals surface area (Å²) >= 11 is 0. The van der Waals surface area contributed by atoms with Crippen molar-refractivity contribution in [2.75, 3.05) is 0 Å². The number of fused-ring (bicyclic) bond motifs is 5. The zero-order chi connectivity index (χ0) is 29.2. The molecule has 6 aromatic carbocycles. The fourth-order valence-electron chi connectivity index (χ4n) is 6.95. The molecule has 0 saturated carbocycles. The molecule has 0 spiro atoms. The van der Waals surface area contributed by atoms with Crippen molar-refractivity contribution >= 4 is 21.5 Å². The van der Waals surface area contributed by atoms with Gasteiger partial charge in [-0.3, -0.25) is 0 Å². The maximum atomic E-state index is 6.13. The Kier molecular flexibility index (Phi) is 6.06. The summed E-state index contributed by atoms with van der Waals surface area (Å²) in [5.41, 5.74) is 11.8. The van der Waals surface area contributed by atoms with Gasteiger partial charge in [-0.05, 0) is 117 Å². The van der Waals surface area contributed by atoms with Gasteiger partial charge in [0.05, 0.1) is 0 Å². The van der Waals surface area contributed by atoms with Gasteiger partial charge in [0.2, 0.25) is 0 Å². The highest BCUT2D eigenvalue weighted by atomic mass is 16.5. The highest BCUT2D eigenvalue weighted by Gasteiger charge is 2.36. The average Bonchev–Trinajstić information content (AvgIpc) is 3.21. The lowest BCUT2D eigenvalue weighted by Gasteiger charge is -2.23. The Bertz CT molecular complexity index is 1930. The number of rotatable bonds is 4. The van der Waals surface area contributed by atoms with Gasteiger partial charge in [0.1, 0.15) is 11.4 Å². The molecule has 1 nitrogen and oxygen atoms in total. The van der Waals surface area contributed by atoms with E-state index in [9.17, 15) is 0 Å². The Morgan fingerprint density at radius 3 is 1.57 bits per heavy atom. The second kappa shape index (κ2) is 9.60. The minimum atomic E-state index is -0.230. The highest BCUT2D eigenvalue weighted by molar-refractivity contribution is 6.21. The number of benzene rings is 6. The lowest BCUT2D eigenvalue weighted by atomic mass is 9.80. The standard InChI is InChI=1S/C41H38O/c1-7-26-16-22-30-31-23-19-28(25-37(31)41(5,6)36(30)24-26)39-34-14-10-8-12-32(34)38(33-13-9-11-15-35(33)39)27-17-20-29(21-18-27)42-40(2,3)4/h8-25H,7H2,1-6H3. The van der Waals surface area contributed by atoms with Crippen LogP contribution in [0.4, 0.5) is 0 Å². The maximum absolute atomic E-state index is 6.13. The molecule has 0 radical (unpaired) electrons. The van der Waals surface area contributed by atoms with Crippen molar-refractivity contribution < 1.29 is 4.74 Å². The van der Waals surface area contributed by atoms with E-state index in [4.69, 9.17) is 4.74 Å². The van der Waals surface area contributed by atoms with Crippen molar-refractivity contribution in [1.29, 1.82) is 0 Å². The molecular formula is C41H38O. The molecular weight excluding hydrogens is 508 g/mol. The van der Waals surface area contributed by atoms with Gasteiger partial charge in [-0.25, -0.2) is 0 Å². The maximum Gasteiger partial charge on any atom is 0.120 e. The van der Waals surface area contributed by atoms with Gasteiger partial charge in [-0.15, -0.1) is 0 Å². The quantitative estimate of drug-likeness (QED) is 0.200. The summed E-state index contributed by atoms with van der Waals surface area (Å²) in [6.07, 6.45) is 1.06. The van der Waals surface area contributed by atoms with Gasteiger partial charge >= 0.3 is 0 Å². The number of ether oxygens (including phenoxy) is 1. The topological polar surface area (TPSA) is 9.23 Å². The van der Waals surface area contributed by atoms with Crippen LogP contribution in [0.1, 0.15) is 58.2 Å². The molecule has 0 saturated heterocycles. The first-order valence-corrected chi connectivity index (χ1v) is 15.2. The molecule has 0 heterocycles. The average molecular weight is 547 g/mol. The number of hydrogen-bond acceptors (Lipinski definition) is 1. The molecule has 0 N–H and O–H groups in total. The van der Waals surface area contributed by atoms with Crippen molar-refractivity contribution in [3.63, 3.8) is 0 Å². The molecule has 42 heavy (non-hydrogen) atoms. The van der Waals surface area contributed by atoms with E-state index in [0.717, 1.165) is 12.2 Å². The summed E-state index contributed by atoms with van der Waals surface area (Å²) < 4.78 is 6.13. The van der Waals surface area contributed by atoms with E-state index in [2.05, 4.69) is 151 Å². The van der Waals surface area contributed by atoms with Crippen molar-refractivity contribution in [2.24, 2.45) is 0 Å². The first-order chi connectivity index (χ1) is 20.2. The van der Waals surface area contributed by atoms with Crippen LogP contribution in [0.2, 0.25) is 0 Å². The zero-order valence-electron chi connectivity index (χ0n) is 25.5. The fraction of sp³-hybridized carbons (Fsp3) is 0.220. The molecule has 6 aromatic rings. The third-order valence-corrected chi connectivity index (χ3v) is 8.94. The van der Waals surface area contributed by atoms with Gasteiger partial charge in [-0.1, -0.05) is 112 Å².